The fourth-order valence-corrected chi connectivity index (χ4v) is 0.979. The summed E-state index contributed by atoms with van der Waals surface area (Å²) in [7, 11) is 4.07. The second-order valence-electron chi connectivity index (χ2n) is 3.13. The summed E-state index contributed by atoms with van der Waals surface area (Å²) in [6.07, 6.45) is 4.88. The number of benzene rings is 1. The monoisotopic (exact) mass is 201 g/mol. The van der Waals surface area contributed by atoms with E-state index in [9.17, 15) is 0 Å². The molecule has 0 N–H and O–H groups in total. The zero-order chi connectivity index (χ0) is 10.9. The zero-order valence-electron chi connectivity index (χ0n) is 9.04. The van der Waals surface area contributed by atoms with Gasteiger partial charge in [0, 0.05) is 32.2 Å². The molecule has 2 rings (SSSR count). The minimum Gasteiger partial charge on any atom is -0.378 e. The number of rotatable bonds is 1. The van der Waals surface area contributed by atoms with E-state index in [0.717, 1.165) is 0 Å². The smallest absolute Gasteiger partial charge is 0.115 e. The molecule has 1 aromatic heterocycles. The zero-order valence-corrected chi connectivity index (χ0v) is 9.04. The Balaban J connectivity index is 0.000000162. The molecule has 15 heavy (non-hydrogen) atoms. The Kier molecular flexibility index (Phi) is 4.87. The number of anilines is 1. The summed E-state index contributed by atoms with van der Waals surface area (Å²) in [5, 5.41) is 0. The molecule has 3 nitrogen and oxygen atoms in total. The van der Waals surface area contributed by atoms with Crippen molar-refractivity contribution < 1.29 is 0 Å². The molecule has 0 saturated carbocycles. The standard InChI is InChI=1S/C8H11N.C4H4N2/c1-9(2)8-6-4-3-5-7-8;1-2-5-4-6-3-1/h3-7H,1-2H3;1-4H. The van der Waals surface area contributed by atoms with Gasteiger partial charge < -0.3 is 4.90 Å². The Bertz CT molecular complexity index is 319. The molecule has 0 saturated heterocycles. The maximum absolute atomic E-state index is 3.67. The lowest BCUT2D eigenvalue weighted by atomic mass is 10.3. The van der Waals surface area contributed by atoms with Crippen LogP contribution in [0.3, 0.4) is 0 Å². The van der Waals surface area contributed by atoms with E-state index in [-0.39, 0.29) is 0 Å². The van der Waals surface area contributed by atoms with E-state index in [1.807, 2.05) is 32.3 Å². The average molecular weight is 201 g/mol. The van der Waals surface area contributed by atoms with Crippen LogP contribution in [0.15, 0.2) is 55.1 Å². The van der Waals surface area contributed by atoms with E-state index in [1.54, 1.807) is 18.5 Å². The van der Waals surface area contributed by atoms with Gasteiger partial charge in [-0.1, -0.05) is 18.2 Å². The van der Waals surface area contributed by atoms with Crippen molar-refractivity contribution in [2.45, 2.75) is 0 Å². The Labute approximate surface area is 90.4 Å². The molecule has 1 heterocycles. The molecule has 0 aliphatic rings. The molecule has 0 spiro atoms. The van der Waals surface area contributed by atoms with Gasteiger partial charge in [0.05, 0.1) is 0 Å². The molecule has 78 valence electrons. The molecule has 3 heteroatoms. The van der Waals surface area contributed by atoms with Gasteiger partial charge in [0.15, 0.2) is 0 Å². The van der Waals surface area contributed by atoms with Crippen molar-refractivity contribution in [3.63, 3.8) is 0 Å². The number of hydrogen-bond acceptors (Lipinski definition) is 3. The largest absolute Gasteiger partial charge is 0.378 e. The lowest BCUT2D eigenvalue weighted by Crippen LogP contribution is -2.07. The van der Waals surface area contributed by atoms with E-state index < -0.39 is 0 Å². The molecule has 0 aliphatic heterocycles. The molecule has 0 bridgehead atoms. The van der Waals surface area contributed by atoms with Gasteiger partial charge in [-0.3, -0.25) is 0 Å². The van der Waals surface area contributed by atoms with E-state index in [2.05, 4.69) is 27.0 Å². The third-order valence-corrected chi connectivity index (χ3v) is 1.75. The first-order chi connectivity index (χ1) is 7.30. The molecule has 0 atom stereocenters. The highest BCUT2D eigenvalue weighted by molar-refractivity contribution is 5.43. The maximum Gasteiger partial charge on any atom is 0.115 e. The summed E-state index contributed by atoms with van der Waals surface area (Å²) >= 11 is 0. The molecular formula is C12H15N3. The van der Waals surface area contributed by atoms with Gasteiger partial charge in [-0.2, -0.15) is 0 Å². The number of para-hydroxylation sites is 1. The van der Waals surface area contributed by atoms with Crippen LogP contribution in [0, 0.1) is 0 Å². The predicted molar refractivity (Wildman–Crippen MR) is 62.8 cm³/mol. The fraction of sp³-hybridized carbons (Fsp3) is 0.167. The Morgan fingerprint density at radius 2 is 1.47 bits per heavy atom. The summed E-state index contributed by atoms with van der Waals surface area (Å²) in [5.41, 5.74) is 1.25. The molecular weight excluding hydrogens is 186 g/mol. The van der Waals surface area contributed by atoms with Crippen molar-refractivity contribution >= 4 is 5.69 Å². The van der Waals surface area contributed by atoms with Crippen molar-refractivity contribution in [3.05, 3.63) is 55.1 Å². The Morgan fingerprint density at radius 3 is 1.73 bits per heavy atom. The SMILES string of the molecule is CN(C)c1ccccc1.c1cncnc1. The van der Waals surface area contributed by atoms with Crippen molar-refractivity contribution in [1.82, 2.24) is 9.97 Å². The minimum atomic E-state index is 1.25. The van der Waals surface area contributed by atoms with Gasteiger partial charge in [0.1, 0.15) is 6.33 Å². The van der Waals surface area contributed by atoms with Gasteiger partial charge in [0.25, 0.3) is 0 Å². The molecule has 0 amide bonds. The third kappa shape index (κ3) is 4.76. The first kappa shape index (κ1) is 11.2. The highest BCUT2D eigenvalue weighted by Gasteiger charge is 1.87. The second kappa shape index (κ2) is 6.54. The van der Waals surface area contributed by atoms with Gasteiger partial charge in [-0.05, 0) is 18.2 Å². The average Bonchev–Trinajstić information content (AvgIpc) is 2.33. The second-order valence-corrected chi connectivity index (χ2v) is 3.13. The highest BCUT2D eigenvalue weighted by atomic mass is 15.1. The fourth-order valence-electron chi connectivity index (χ4n) is 0.979. The molecule has 0 unspecified atom stereocenters. The molecule has 1 aromatic carbocycles. The van der Waals surface area contributed by atoms with Crippen LogP contribution in [0.5, 0.6) is 0 Å². The highest BCUT2D eigenvalue weighted by Crippen LogP contribution is 2.07. The summed E-state index contributed by atoms with van der Waals surface area (Å²) in [5.74, 6) is 0. The van der Waals surface area contributed by atoms with Crippen molar-refractivity contribution in [2.24, 2.45) is 0 Å². The number of hydrogen-bond donors (Lipinski definition) is 0. The predicted octanol–water partition coefficient (Wildman–Crippen LogP) is 2.23. The van der Waals surface area contributed by atoms with Crippen molar-refractivity contribution in [2.75, 3.05) is 19.0 Å². The van der Waals surface area contributed by atoms with Crippen molar-refractivity contribution in [3.8, 4) is 0 Å². The Morgan fingerprint density at radius 1 is 0.867 bits per heavy atom. The van der Waals surface area contributed by atoms with E-state index in [4.69, 9.17) is 0 Å². The Hall–Kier alpha value is -1.90. The lowest BCUT2D eigenvalue weighted by Gasteiger charge is -2.10. The molecule has 2 aromatic rings. The summed E-state index contributed by atoms with van der Waals surface area (Å²) < 4.78 is 0. The minimum absolute atomic E-state index is 1.25. The van der Waals surface area contributed by atoms with Crippen LogP contribution in [0.1, 0.15) is 0 Å². The first-order valence-corrected chi connectivity index (χ1v) is 4.73. The van der Waals surface area contributed by atoms with Gasteiger partial charge >= 0.3 is 0 Å². The number of aromatic nitrogens is 2. The number of nitrogens with zero attached hydrogens (tertiary/aromatic N) is 3. The van der Waals surface area contributed by atoms with Crippen LogP contribution in [0.25, 0.3) is 0 Å². The van der Waals surface area contributed by atoms with Crippen LogP contribution in [0.4, 0.5) is 5.69 Å². The molecule has 0 fully saturated rings. The molecule has 0 aliphatic carbocycles. The van der Waals surface area contributed by atoms with Gasteiger partial charge in [-0.25, -0.2) is 9.97 Å². The lowest BCUT2D eigenvalue weighted by molar-refractivity contribution is 1.13. The van der Waals surface area contributed by atoms with Crippen LogP contribution in [-0.4, -0.2) is 24.1 Å². The summed E-state index contributed by atoms with van der Waals surface area (Å²) in [6.45, 7) is 0. The first-order valence-electron chi connectivity index (χ1n) is 4.73. The third-order valence-electron chi connectivity index (χ3n) is 1.75. The van der Waals surface area contributed by atoms with Crippen LogP contribution >= 0.6 is 0 Å². The summed E-state index contributed by atoms with van der Waals surface area (Å²) in [4.78, 5) is 9.43. The normalized spacial score (nSPS) is 8.67. The molecule has 0 radical (unpaired) electrons. The van der Waals surface area contributed by atoms with Crippen molar-refractivity contribution in [1.29, 1.82) is 0 Å². The van der Waals surface area contributed by atoms with Gasteiger partial charge in [-0.15, -0.1) is 0 Å². The van der Waals surface area contributed by atoms with Crippen LogP contribution in [-0.2, 0) is 0 Å². The van der Waals surface area contributed by atoms with Crippen LogP contribution in [0.2, 0.25) is 0 Å². The maximum atomic E-state index is 3.67. The topological polar surface area (TPSA) is 29.0 Å². The van der Waals surface area contributed by atoms with E-state index in [0.29, 0.717) is 0 Å². The quantitative estimate of drug-likeness (QED) is 0.708. The van der Waals surface area contributed by atoms with Crippen LogP contribution < -0.4 is 4.90 Å². The van der Waals surface area contributed by atoms with E-state index in [1.165, 1.54) is 12.0 Å². The van der Waals surface area contributed by atoms with E-state index >= 15 is 0 Å². The summed E-state index contributed by atoms with van der Waals surface area (Å²) in [6, 6.07) is 12.0. The van der Waals surface area contributed by atoms with Gasteiger partial charge in [0.2, 0.25) is 0 Å².